The van der Waals surface area contributed by atoms with Crippen LogP contribution in [0.3, 0.4) is 0 Å². The highest BCUT2D eigenvalue weighted by Gasteiger charge is 2.32. The number of carbonyl (C=O) groups is 6. The zero-order valence-corrected chi connectivity index (χ0v) is 36.2. The third-order valence-corrected chi connectivity index (χ3v) is 10.9. The molecule has 0 spiro atoms. The molecular formula is C48H58N10O6. The highest BCUT2D eigenvalue weighted by molar-refractivity contribution is 5.96. The van der Waals surface area contributed by atoms with Crippen molar-refractivity contribution >= 4 is 57.8 Å². The number of nitrogens with zero attached hydrogens (tertiary/aromatic N) is 1. The molecule has 0 unspecified atom stereocenters. The van der Waals surface area contributed by atoms with Gasteiger partial charge in [0.2, 0.25) is 35.9 Å². The second-order valence-corrected chi connectivity index (χ2v) is 15.5. The SMILES string of the molecule is C=CCN(C#CCNC=O)CCCC[C@H](NC(=O)[C@@H](Cc1ccccc1)NC(=O)[C@H](Cc1c[nH]c2ccccc12)NC(=O)[C@H](C)NC(=O)[C@@H](Cc1c[nH]c2ccccc12)NC)C(N)=O. The van der Waals surface area contributed by atoms with Crippen molar-refractivity contribution in [1.82, 2.24) is 46.8 Å². The van der Waals surface area contributed by atoms with E-state index in [4.69, 9.17) is 5.73 Å². The van der Waals surface area contributed by atoms with Crippen LogP contribution in [0, 0.1) is 12.0 Å². The van der Waals surface area contributed by atoms with E-state index in [2.05, 4.69) is 60.4 Å². The minimum Gasteiger partial charge on any atom is -0.368 e. The smallest absolute Gasteiger partial charge is 0.243 e. The Kier molecular flexibility index (Phi) is 18.1. The topological polar surface area (TPSA) is 235 Å². The van der Waals surface area contributed by atoms with Gasteiger partial charge in [-0.2, -0.15) is 0 Å². The highest BCUT2D eigenvalue weighted by Crippen LogP contribution is 2.21. The molecule has 0 aliphatic rings. The lowest BCUT2D eigenvalue weighted by Gasteiger charge is -2.26. The molecule has 2 heterocycles. The lowest BCUT2D eigenvalue weighted by atomic mass is 10.0. The summed E-state index contributed by atoms with van der Waals surface area (Å²) in [5.41, 5.74) is 9.99. The third kappa shape index (κ3) is 13.8. The van der Waals surface area contributed by atoms with Gasteiger partial charge in [-0.1, -0.05) is 78.7 Å². The molecule has 5 aromatic rings. The molecule has 5 atom stereocenters. The molecule has 0 fully saturated rings. The Morgan fingerprint density at radius 3 is 1.86 bits per heavy atom. The van der Waals surface area contributed by atoms with Gasteiger partial charge in [-0.25, -0.2) is 0 Å². The molecule has 0 bridgehead atoms. The minimum atomic E-state index is -1.19. The van der Waals surface area contributed by atoms with Gasteiger partial charge in [0.25, 0.3) is 0 Å². The maximum atomic E-state index is 14.4. The van der Waals surface area contributed by atoms with Crippen LogP contribution in [0.5, 0.6) is 0 Å². The van der Waals surface area contributed by atoms with Gasteiger partial charge < -0.3 is 52.5 Å². The number of H-pyrrole nitrogens is 2. The van der Waals surface area contributed by atoms with Crippen molar-refractivity contribution in [3.63, 3.8) is 0 Å². The van der Waals surface area contributed by atoms with E-state index >= 15 is 0 Å². The quantitative estimate of drug-likeness (QED) is 0.0138. The Hall–Kier alpha value is -7.38. The van der Waals surface area contributed by atoms with Gasteiger partial charge in [-0.15, -0.1) is 6.58 Å². The minimum absolute atomic E-state index is 0.0480. The number of aromatic nitrogens is 2. The number of nitrogens with one attached hydrogen (secondary N) is 8. The van der Waals surface area contributed by atoms with E-state index in [9.17, 15) is 28.8 Å². The molecule has 64 heavy (non-hydrogen) atoms. The lowest BCUT2D eigenvalue weighted by molar-refractivity contribution is -0.134. The number of hydrogen-bond donors (Lipinski definition) is 9. The fourth-order valence-electron chi connectivity index (χ4n) is 7.39. The summed E-state index contributed by atoms with van der Waals surface area (Å²) in [5, 5.41) is 18.6. The Balaban J connectivity index is 1.30. The molecule has 0 radical (unpaired) electrons. The maximum Gasteiger partial charge on any atom is 0.243 e. The van der Waals surface area contributed by atoms with Crippen molar-refractivity contribution in [2.45, 2.75) is 75.7 Å². The molecule has 6 amide bonds. The van der Waals surface area contributed by atoms with Crippen molar-refractivity contribution < 1.29 is 28.8 Å². The largest absolute Gasteiger partial charge is 0.368 e. The average Bonchev–Trinajstić information content (AvgIpc) is 3.91. The number of rotatable bonds is 25. The van der Waals surface area contributed by atoms with Gasteiger partial charge in [0.15, 0.2) is 0 Å². The zero-order chi connectivity index (χ0) is 45.8. The van der Waals surface area contributed by atoms with Crippen LogP contribution >= 0.6 is 0 Å². The van der Waals surface area contributed by atoms with E-state index in [1.54, 1.807) is 26.2 Å². The van der Waals surface area contributed by atoms with Crippen molar-refractivity contribution in [3.8, 4) is 12.0 Å². The molecule has 0 aliphatic carbocycles. The predicted octanol–water partition coefficient (Wildman–Crippen LogP) is 2.07. The van der Waals surface area contributed by atoms with Crippen molar-refractivity contribution in [3.05, 3.63) is 121 Å². The molecule has 0 aliphatic heterocycles. The first-order chi connectivity index (χ1) is 31.0. The number of hydrogen-bond acceptors (Lipinski definition) is 8. The maximum absolute atomic E-state index is 14.4. The Labute approximate surface area is 372 Å². The monoisotopic (exact) mass is 870 g/mol. The van der Waals surface area contributed by atoms with Crippen molar-refractivity contribution in [2.75, 3.05) is 26.7 Å². The van der Waals surface area contributed by atoms with E-state index in [1.807, 2.05) is 90.0 Å². The van der Waals surface area contributed by atoms with Gasteiger partial charge in [0.1, 0.15) is 24.2 Å². The van der Waals surface area contributed by atoms with Crippen molar-refractivity contribution in [2.24, 2.45) is 5.73 Å². The molecular weight excluding hydrogens is 813 g/mol. The van der Waals surface area contributed by atoms with Gasteiger partial charge >= 0.3 is 0 Å². The van der Waals surface area contributed by atoms with E-state index < -0.39 is 59.7 Å². The Morgan fingerprint density at radius 1 is 0.719 bits per heavy atom. The second kappa shape index (κ2) is 24.3. The summed E-state index contributed by atoms with van der Waals surface area (Å²) in [5.74, 6) is -0.165. The number of amides is 6. The standard InChI is InChI=1S/C48H58N10O6/c1-4-23-58(25-14-22-51-31-59)24-13-12-21-40(44(49)60)55-47(63)42(26-33-15-6-5-7-16-33)57-48(64)43(28-35-30-53-39-20-11-9-18-37(35)39)56-45(61)32(2)54-46(62)41(50-3)27-34-29-52-38-19-10-8-17-36(34)38/h4-11,15-20,29-32,40-43,50,52-53H,1,12-13,21-24,26-28H2,2-3H3,(H2,49,60)(H,51,59)(H,54,62)(H,55,63)(H,56,61)(H,57,64)/t32-,40-,41+,42+,43-/m0/s1. The third-order valence-electron chi connectivity index (χ3n) is 10.9. The summed E-state index contributed by atoms with van der Waals surface area (Å²) in [6, 6.07) is 22.3. The molecule has 3 aromatic carbocycles. The fraction of sp³-hybridized carbons (Fsp3) is 0.333. The number of unbranched alkanes of at least 4 members (excludes halogenated alkanes) is 1. The first-order valence-electron chi connectivity index (χ1n) is 21.3. The number of carbonyl (C=O) groups excluding carboxylic acids is 6. The summed E-state index contributed by atoms with van der Waals surface area (Å²) in [7, 11) is 1.67. The fourth-order valence-corrected chi connectivity index (χ4v) is 7.39. The number of fused-ring (bicyclic) bond motifs is 2. The van der Waals surface area contributed by atoms with E-state index in [0.29, 0.717) is 38.8 Å². The van der Waals surface area contributed by atoms with Crippen LogP contribution in [0.1, 0.15) is 42.9 Å². The van der Waals surface area contributed by atoms with Crippen LogP contribution in [0.25, 0.3) is 21.8 Å². The number of para-hydroxylation sites is 2. The van der Waals surface area contributed by atoms with E-state index in [1.165, 1.54) is 0 Å². The summed E-state index contributed by atoms with van der Waals surface area (Å²) in [4.78, 5) is 87.5. The summed E-state index contributed by atoms with van der Waals surface area (Å²) in [6.07, 6.45) is 7.74. The first-order valence-corrected chi connectivity index (χ1v) is 21.3. The first kappa shape index (κ1) is 47.7. The molecule has 16 nitrogen and oxygen atoms in total. The second-order valence-electron chi connectivity index (χ2n) is 15.5. The number of benzene rings is 3. The summed E-state index contributed by atoms with van der Waals surface area (Å²) < 4.78 is 0. The molecule has 16 heteroatoms. The van der Waals surface area contributed by atoms with Crippen LogP contribution in [0.2, 0.25) is 0 Å². The van der Waals surface area contributed by atoms with Crippen LogP contribution in [-0.4, -0.2) is 108 Å². The van der Waals surface area contributed by atoms with E-state index in [-0.39, 0.29) is 25.8 Å². The normalized spacial score (nSPS) is 13.2. The molecule has 2 aromatic heterocycles. The molecule has 10 N–H and O–H groups in total. The van der Waals surface area contributed by atoms with Crippen LogP contribution in [0.15, 0.2) is 104 Å². The predicted molar refractivity (Wildman–Crippen MR) is 247 cm³/mol. The van der Waals surface area contributed by atoms with Crippen LogP contribution in [-0.2, 0) is 48.0 Å². The molecule has 336 valence electrons. The summed E-state index contributed by atoms with van der Waals surface area (Å²) >= 11 is 0. The molecule has 5 rings (SSSR count). The Morgan fingerprint density at radius 2 is 1.27 bits per heavy atom. The van der Waals surface area contributed by atoms with E-state index in [0.717, 1.165) is 38.5 Å². The van der Waals surface area contributed by atoms with Gasteiger partial charge in [-0.05, 0) is 68.5 Å². The number of aromatic amines is 2. The van der Waals surface area contributed by atoms with Gasteiger partial charge in [0, 0.05) is 66.2 Å². The number of nitrogens with two attached hydrogens (primary N) is 1. The number of likely N-dealkylation sites (N-methyl/N-ethyl adjacent to an activating group) is 1. The van der Waals surface area contributed by atoms with Gasteiger partial charge in [0.05, 0.1) is 12.6 Å². The average molecular weight is 871 g/mol. The summed E-state index contributed by atoms with van der Waals surface area (Å²) in [6.45, 7) is 6.54. The Bertz CT molecular complexity index is 2440. The lowest BCUT2D eigenvalue weighted by Crippen LogP contribution is -2.59. The van der Waals surface area contributed by atoms with Crippen LogP contribution in [0.4, 0.5) is 0 Å². The van der Waals surface area contributed by atoms with Gasteiger partial charge in [-0.3, -0.25) is 28.8 Å². The van der Waals surface area contributed by atoms with Crippen molar-refractivity contribution in [1.29, 1.82) is 0 Å². The zero-order valence-electron chi connectivity index (χ0n) is 36.2. The number of primary amides is 1. The molecule has 0 saturated carbocycles. The van der Waals surface area contributed by atoms with Crippen LogP contribution < -0.4 is 37.6 Å². The molecule has 0 saturated heterocycles. The highest BCUT2D eigenvalue weighted by atomic mass is 16.2.